The highest BCUT2D eigenvalue weighted by atomic mass is 14.8. The van der Waals surface area contributed by atoms with Gasteiger partial charge >= 0.3 is 0 Å². The summed E-state index contributed by atoms with van der Waals surface area (Å²) in [5, 5.41) is 0. The van der Waals surface area contributed by atoms with Gasteiger partial charge in [0.15, 0.2) is 0 Å². The average molecular weight is 481 g/mol. The minimum absolute atomic E-state index is 0.423. The van der Waals surface area contributed by atoms with Crippen LogP contribution in [0.4, 0.5) is 11.4 Å². The van der Waals surface area contributed by atoms with Gasteiger partial charge in [0.2, 0.25) is 0 Å². The van der Waals surface area contributed by atoms with Gasteiger partial charge in [0, 0.05) is 11.4 Å². The van der Waals surface area contributed by atoms with E-state index in [4.69, 9.17) is 9.98 Å². The Labute approximate surface area is 219 Å². The van der Waals surface area contributed by atoms with E-state index in [1.807, 2.05) is 0 Å². The molecule has 0 aliphatic rings. The molecular formula is C34H44N2. The summed E-state index contributed by atoms with van der Waals surface area (Å²) in [7, 11) is 0. The van der Waals surface area contributed by atoms with Crippen molar-refractivity contribution in [3.8, 4) is 0 Å². The zero-order valence-corrected chi connectivity index (χ0v) is 24.0. The Balaban J connectivity index is 2.08. The predicted molar refractivity (Wildman–Crippen MR) is 159 cm³/mol. The molecule has 0 radical (unpaired) electrons. The van der Waals surface area contributed by atoms with E-state index in [0.29, 0.717) is 23.7 Å². The SMILES string of the molecule is CC(=Nc1c(C(C)C)cccc1C(C)C)c1cccc(C(C)=Nc2c(C(C)C)cccc2C(C)C)c1. The largest absolute Gasteiger partial charge is 0.253 e. The first-order valence-electron chi connectivity index (χ1n) is 13.5. The summed E-state index contributed by atoms with van der Waals surface area (Å²) in [4.78, 5) is 10.4. The fraction of sp³-hybridized carbons (Fsp3) is 0.412. The first-order valence-corrected chi connectivity index (χ1v) is 13.5. The Morgan fingerprint density at radius 1 is 0.472 bits per heavy atom. The van der Waals surface area contributed by atoms with Gasteiger partial charge in [-0.1, -0.05) is 110 Å². The van der Waals surface area contributed by atoms with Crippen LogP contribution in [0.5, 0.6) is 0 Å². The third kappa shape index (κ3) is 6.22. The van der Waals surface area contributed by atoms with Crippen molar-refractivity contribution in [3.05, 3.63) is 94.0 Å². The van der Waals surface area contributed by atoms with Crippen molar-refractivity contribution < 1.29 is 0 Å². The van der Waals surface area contributed by atoms with Crippen molar-refractivity contribution in [2.75, 3.05) is 0 Å². The lowest BCUT2D eigenvalue weighted by molar-refractivity contribution is 0.834. The minimum atomic E-state index is 0.423. The second kappa shape index (κ2) is 11.8. The zero-order chi connectivity index (χ0) is 26.6. The van der Waals surface area contributed by atoms with Crippen LogP contribution in [0.3, 0.4) is 0 Å². The Morgan fingerprint density at radius 3 is 1.03 bits per heavy atom. The molecular weight excluding hydrogens is 436 g/mol. The van der Waals surface area contributed by atoms with Gasteiger partial charge in [0.25, 0.3) is 0 Å². The molecule has 190 valence electrons. The van der Waals surface area contributed by atoms with E-state index < -0.39 is 0 Å². The molecule has 36 heavy (non-hydrogen) atoms. The minimum Gasteiger partial charge on any atom is -0.253 e. The first kappa shape index (κ1) is 27.6. The van der Waals surface area contributed by atoms with Crippen molar-refractivity contribution in [2.45, 2.75) is 92.9 Å². The van der Waals surface area contributed by atoms with Crippen LogP contribution in [0.15, 0.2) is 70.6 Å². The van der Waals surface area contributed by atoms with Crippen LogP contribution in [0.2, 0.25) is 0 Å². The molecule has 0 aromatic heterocycles. The third-order valence-corrected chi connectivity index (χ3v) is 6.94. The summed E-state index contributed by atoms with van der Waals surface area (Å²) < 4.78 is 0. The summed E-state index contributed by atoms with van der Waals surface area (Å²) in [5.41, 5.74) is 11.8. The lowest BCUT2D eigenvalue weighted by Crippen LogP contribution is -2.02. The monoisotopic (exact) mass is 480 g/mol. The summed E-state index contributed by atoms with van der Waals surface area (Å²) >= 11 is 0. The summed E-state index contributed by atoms with van der Waals surface area (Å²) in [5.74, 6) is 1.69. The summed E-state index contributed by atoms with van der Waals surface area (Å²) in [6.07, 6.45) is 0. The number of nitrogens with zero attached hydrogens (tertiary/aromatic N) is 2. The molecule has 0 unspecified atom stereocenters. The molecule has 0 saturated heterocycles. The Bertz CT molecular complexity index is 1110. The standard InChI is InChI=1S/C34H44N2/c1-21(2)29-16-12-17-30(22(3)4)33(29)35-25(9)27-14-11-15-28(20-27)26(10)36-34-31(23(5)6)18-13-19-32(34)24(7)8/h11-24H,1-10H3. The van der Waals surface area contributed by atoms with Crippen LogP contribution in [0.1, 0.15) is 126 Å². The fourth-order valence-electron chi connectivity index (χ4n) is 4.72. The first-order chi connectivity index (χ1) is 17.0. The Kier molecular flexibility index (Phi) is 9.06. The van der Waals surface area contributed by atoms with Crippen LogP contribution in [0, 0.1) is 0 Å². The molecule has 0 aliphatic carbocycles. The van der Waals surface area contributed by atoms with Crippen molar-refractivity contribution in [1.82, 2.24) is 0 Å². The van der Waals surface area contributed by atoms with E-state index in [0.717, 1.165) is 33.9 Å². The maximum absolute atomic E-state index is 5.21. The van der Waals surface area contributed by atoms with Gasteiger partial charge in [-0.05, 0) is 77.0 Å². The number of benzene rings is 3. The number of hydrogen-bond donors (Lipinski definition) is 0. The van der Waals surface area contributed by atoms with E-state index in [2.05, 4.69) is 130 Å². The maximum atomic E-state index is 5.21. The van der Waals surface area contributed by atoms with Crippen molar-refractivity contribution in [3.63, 3.8) is 0 Å². The normalized spacial score (nSPS) is 12.9. The molecule has 0 amide bonds. The number of hydrogen-bond acceptors (Lipinski definition) is 2. The Morgan fingerprint density at radius 2 is 0.750 bits per heavy atom. The highest BCUT2D eigenvalue weighted by molar-refractivity contribution is 6.05. The molecule has 0 spiro atoms. The van der Waals surface area contributed by atoms with Gasteiger partial charge in [-0.3, -0.25) is 9.98 Å². The molecule has 0 N–H and O–H groups in total. The van der Waals surface area contributed by atoms with Gasteiger partial charge < -0.3 is 0 Å². The number of para-hydroxylation sites is 2. The second-order valence-electron chi connectivity index (χ2n) is 11.2. The van der Waals surface area contributed by atoms with Gasteiger partial charge in [-0.15, -0.1) is 0 Å². The van der Waals surface area contributed by atoms with E-state index in [1.54, 1.807) is 0 Å². The Hall–Kier alpha value is -3.00. The number of rotatable bonds is 8. The highest BCUT2D eigenvalue weighted by Crippen LogP contribution is 2.36. The zero-order valence-electron chi connectivity index (χ0n) is 24.0. The molecule has 3 aromatic carbocycles. The second-order valence-corrected chi connectivity index (χ2v) is 11.2. The summed E-state index contributed by atoms with van der Waals surface area (Å²) in [6.45, 7) is 22.2. The van der Waals surface area contributed by atoms with Crippen molar-refractivity contribution >= 4 is 22.8 Å². The molecule has 3 aromatic rings. The van der Waals surface area contributed by atoms with Crippen LogP contribution in [-0.2, 0) is 0 Å². The fourth-order valence-corrected chi connectivity index (χ4v) is 4.72. The van der Waals surface area contributed by atoms with Gasteiger partial charge in [0.05, 0.1) is 11.4 Å². The molecule has 0 aliphatic heterocycles. The van der Waals surface area contributed by atoms with Gasteiger partial charge in [-0.25, -0.2) is 0 Å². The topological polar surface area (TPSA) is 24.7 Å². The van der Waals surface area contributed by atoms with Crippen LogP contribution in [-0.4, -0.2) is 11.4 Å². The molecule has 0 atom stereocenters. The summed E-state index contributed by atoms with van der Waals surface area (Å²) in [6, 6.07) is 21.9. The van der Waals surface area contributed by atoms with Crippen LogP contribution < -0.4 is 0 Å². The maximum Gasteiger partial charge on any atom is 0.0702 e. The van der Waals surface area contributed by atoms with Gasteiger partial charge in [0.1, 0.15) is 0 Å². The van der Waals surface area contributed by atoms with E-state index >= 15 is 0 Å². The molecule has 3 rings (SSSR count). The molecule has 2 heteroatoms. The predicted octanol–water partition coefficient (Wildman–Crippen LogP) is 10.5. The lowest BCUT2D eigenvalue weighted by atomic mass is 9.92. The molecule has 0 heterocycles. The van der Waals surface area contributed by atoms with Gasteiger partial charge in [-0.2, -0.15) is 0 Å². The smallest absolute Gasteiger partial charge is 0.0702 e. The quantitative estimate of drug-likeness (QED) is 0.286. The lowest BCUT2D eigenvalue weighted by Gasteiger charge is -2.18. The van der Waals surface area contributed by atoms with Crippen molar-refractivity contribution in [1.29, 1.82) is 0 Å². The van der Waals surface area contributed by atoms with Crippen LogP contribution in [0.25, 0.3) is 0 Å². The van der Waals surface area contributed by atoms with Crippen LogP contribution >= 0.6 is 0 Å². The molecule has 2 nitrogen and oxygen atoms in total. The molecule has 0 bridgehead atoms. The molecule has 0 saturated carbocycles. The van der Waals surface area contributed by atoms with E-state index in [9.17, 15) is 0 Å². The third-order valence-electron chi connectivity index (χ3n) is 6.94. The molecule has 0 fully saturated rings. The number of aliphatic imine (C=N–C) groups is 2. The highest BCUT2D eigenvalue weighted by Gasteiger charge is 2.16. The average Bonchev–Trinajstić information content (AvgIpc) is 2.83. The van der Waals surface area contributed by atoms with E-state index in [-0.39, 0.29) is 0 Å². The van der Waals surface area contributed by atoms with E-state index in [1.165, 1.54) is 22.3 Å². The van der Waals surface area contributed by atoms with Crippen molar-refractivity contribution in [2.24, 2.45) is 9.98 Å².